The van der Waals surface area contributed by atoms with Crippen LogP contribution in [0.25, 0.3) is 87.6 Å². The first kappa shape index (κ1) is 14.5. The highest BCUT2D eigenvalue weighted by Gasteiger charge is 2.19. The number of hydrogen-bond donors (Lipinski definition) is 0. The number of benzene rings is 8. The van der Waals surface area contributed by atoms with Gasteiger partial charge in [0.1, 0.15) is 11.2 Å². The van der Waals surface area contributed by atoms with E-state index in [4.69, 9.17) is 14.0 Å². The fraction of sp³-hybridized carbons (Fsp3) is 0. The molecule has 0 spiro atoms. The Hall–Kier alpha value is -5.66. The van der Waals surface area contributed by atoms with Gasteiger partial charge in [0.15, 0.2) is 0 Å². The molecular formula is C42H26O. The van der Waals surface area contributed by atoms with Crippen LogP contribution >= 0.6 is 0 Å². The van der Waals surface area contributed by atoms with E-state index in [1.165, 1.54) is 0 Å². The third-order valence-corrected chi connectivity index (χ3v) is 7.88. The van der Waals surface area contributed by atoms with Crippen LogP contribution in [-0.4, -0.2) is 0 Å². The van der Waals surface area contributed by atoms with E-state index < -0.39 is 84.1 Å². The van der Waals surface area contributed by atoms with E-state index in [0.717, 1.165) is 21.9 Å². The van der Waals surface area contributed by atoms with E-state index in [1.807, 2.05) is 78.9 Å². The Morgan fingerprint density at radius 2 is 0.907 bits per heavy atom. The molecule has 200 valence electrons. The summed E-state index contributed by atoms with van der Waals surface area (Å²) in [5.41, 5.74) is 0.939. The van der Waals surface area contributed by atoms with Gasteiger partial charge in [-0.2, -0.15) is 0 Å². The molecule has 0 fully saturated rings. The van der Waals surface area contributed by atoms with Crippen LogP contribution in [-0.2, 0) is 0 Å². The van der Waals surface area contributed by atoms with E-state index in [2.05, 4.69) is 0 Å². The average Bonchev–Trinajstić information content (AvgIpc) is 3.62. The summed E-state index contributed by atoms with van der Waals surface area (Å²) in [4.78, 5) is 0. The Kier molecular flexibility index (Phi) is 3.18. The highest BCUT2D eigenvalue weighted by atomic mass is 16.3. The zero-order valence-electron chi connectivity index (χ0n) is 35.4. The molecule has 0 bridgehead atoms. The normalized spacial score (nSPS) is 16.0. The average molecular weight is 560 g/mol. The highest BCUT2D eigenvalue weighted by molar-refractivity contribution is 6.24. The Balaban J connectivity index is 1.49. The molecule has 0 aliphatic rings. The molecule has 0 aliphatic carbocycles. The maximum Gasteiger partial charge on any atom is 0.136 e. The minimum Gasteiger partial charge on any atom is -0.456 e. The number of hydrogen-bond acceptors (Lipinski definition) is 1. The Morgan fingerprint density at radius 1 is 0.372 bits per heavy atom. The molecule has 1 heteroatoms. The summed E-state index contributed by atoms with van der Waals surface area (Å²) in [6, 6.07) is 17.5. The summed E-state index contributed by atoms with van der Waals surface area (Å²) in [6.45, 7) is 0. The predicted molar refractivity (Wildman–Crippen MR) is 183 cm³/mol. The second kappa shape index (κ2) is 9.44. The number of para-hydroxylation sites is 1. The van der Waals surface area contributed by atoms with Crippen LogP contribution in [0.4, 0.5) is 0 Å². The third-order valence-electron chi connectivity index (χ3n) is 7.88. The smallest absolute Gasteiger partial charge is 0.136 e. The predicted octanol–water partition coefficient (Wildman–Crippen LogP) is 12.0. The van der Waals surface area contributed by atoms with Gasteiger partial charge in [0.25, 0.3) is 0 Å². The molecule has 1 aromatic heterocycles. The van der Waals surface area contributed by atoms with Gasteiger partial charge in [-0.1, -0.05) is 139 Å². The van der Waals surface area contributed by atoms with Gasteiger partial charge in [0.2, 0.25) is 0 Å². The van der Waals surface area contributed by atoms with Gasteiger partial charge in [-0.25, -0.2) is 0 Å². The van der Waals surface area contributed by atoms with Gasteiger partial charge in [-0.3, -0.25) is 0 Å². The van der Waals surface area contributed by atoms with Gasteiger partial charge in [0, 0.05) is 10.8 Å². The summed E-state index contributed by atoms with van der Waals surface area (Å²) < 4.78 is 122. The van der Waals surface area contributed by atoms with Crippen molar-refractivity contribution in [2.45, 2.75) is 0 Å². The van der Waals surface area contributed by atoms with Gasteiger partial charge in [-0.15, -0.1) is 0 Å². The van der Waals surface area contributed by atoms with Crippen molar-refractivity contribution in [2.75, 3.05) is 0 Å². The van der Waals surface area contributed by atoms with Gasteiger partial charge >= 0.3 is 0 Å². The van der Waals surface area contributed by atoms with E-state index in [9.17, 15) is 8.22 Å². The molecule has 1 heterocycles. The van der Waals surface area contributed by atoms with Gasteiger partial charge < -0.3 is 4.42 Å². The first-order chi connectivity index (χ1) is 26.8. The lowest BCUT2D eigenvalue weighted by Gasteiger charge is -2.19. The molecule has 0 radical (unpaired) electrons. The molecule has 0 aliphatic heterocycles. The maximum absolute atomic E-state index is 9.69. The fourth-order valence-electron chi connectivity index (χ4n) is 6.05. The molecule has 1 nitrogen and oxygen atoms in total. The fourth-order valence-corrected chi connectivity index (χ4v) is 6.05. The molecule has 9 aromatic rings. The molecule has 9 rings (SSSR count). The topological polar surface area (TPSA) is 13.1 Å². The second-order valence-corrected chi connectivity index (χ2v) is 10.2. The van der Waals surface area contributed by atoms with Crippen molar-refractivity contribution < 1.29 is 22.2 Å². The monoisotopic (exact) mass is 559 g/mol. The van der Waals surface area contributed by atoms with Crippen molar-refractivity contribution in [1.29, 1.82) is 0 Å². The van der Waals surface area contributed by atoms with Crippen molar-refractivity contribution in [2.24, 2.45) is 0 Å². The third kappa shape index (κ3) is 3.65. The van der Waals surface area contributed by atoms with Crippen molar-refractivity contribution in [3.63, 3.8) is 0 Å². The number of furan rings is 1. The van der Waals surface area contributed by atoms with Gasteiger partial charge in [-0.05, 0) is 83.8 Å². The van der Waals surface area contributed by atoms with Crippen LogP contribution < -0.4 is 0 Å². The lowest BCUT2D eigenvalue weighted by atomic mass is 9.84. The van der Waals surface area contributed by atoms with Crippen LogP contribution in [0.15, 0.2) is 162 Å². The number of rotatable bonds is 3. The largest absolute Gasteiger partial charge is 0.456 e. The first-order valence-corrected chi connectivity index (χ1v) is 13.7. The van der Waals surface area contributed by atoms with Crippen LogP contribution in [0.3, 0.4) is 0 Å². The summed E-state index contributed by atoms with van der Waals surface area (Å²) in [7, 11) is 0. The SMILES string of the molecule is [2H]c1c([2H])c([2H])c2c(oc3c([2H])c(-c4c([2H])c([2H])c(-c5c6ccccc6c(-c6ccccc6)c6ccccc56)c5c([2H])c([2H])c([2H])c([2H])c45)c([2H])c([2H])c32)c1[2H]. The van der Waals surface area contributed by atoms with Crippen LogP contribution in [0.5, 0.6) is 0 Å². The molecule has 0 atom stereocenters. The molecule has 0 unspecified atom stereocenters. The lowest BCUT2D eigenvalue weighted by molar-refractivity contribution is 0.669. The quantitative estimate of drug-likeness (QED) is 0.196. The summed E-state index contributed by atoms with van der Waals surface area (Å²) >= 11 is 0. The van der Waals surface area contributed by atoms with E-state index in [-0.39, 0.29) is 43.8 Å². The van der Waals surface area contributed by atoms with Crippen molar-refractivity contribution in [1.82, 2.24) is 0 Å². The molecule has 8 aromatic carbocycles. The van der Waals surface area contributed by atoms with Crippen LogP contribution in [0.2, 0.25) is 0 Å². The highest BCUT2D eigenvalue weighted by Crippen LogP contribution is 2.46. The Bertz CT molecular complexity index is 3170. The molecular weight excluding hydrogens is 520 g/mol. The number of fused-ring (bicyclic) bond motifs is 6. The van der Waals surface area contributed by atoms with Crippen molar-refractivity contribution in [3.8, 4) is 33.4 Å². The molecule has 43 heavy (non-hydrogen) atoms. The van der Waals surface area contributed by atoms with Crippen molar-refractivity contribution >= 4 is 54.3 Å². The summed E-state index contributed by atoms with van der Waals surface area (Å²) in [5, 5.41) is 2.22. The molecule has 0 N–H and O–H groups in total. The molecule has 0 saturated carbocycles. The Morgan fingerprint density at radius 3 is 1.60 bits per heavy atom. The summed E-state index contributed by atoms with van der Waals surface area (Å²) in [5.74, 6) is 0. The minimum atomic E-state index is -0.643. The molecule has 0 amide bonds. The summed E-state index contributed by atoms with van der Waals surface area (Å²) in [6.07, 6.45) is 0. The van der Waals surface area contributed by atoms with Crippen LogP contribution in [0.1, 0.15) is 17.8 Å². The lowest BCUT2D eigenvalue weighted by Crippen LogP contribution is -1.92. The standard InChI is InChI=1S/C42H26O/c1-2-12-27(13-3-1)41-34-17-6-8-19-36(34)42(37-20-9-7-18-35(37)41)38-25-24-29(30-14-4-5-15-31(30)38)28-22-23-33-32-16-10-11-21-39(32)43-40(33)26-28/h1-26H/i4D,5D,10D,11D,14D,15D,16D,21D,22D,23D,24D,25D,26D. The van der Waals surface area contributed by atoms with E-state index in [1.54, 1.807) is 0 Å². The minimum absolute atomic E-state index is 0.0605. The van der Waals surface area contributed by atoms with E-state index >= 15 is 0 Å². The second-order valence-electron chi connectivity index (χ2n) is 10.2. The molecule has 0 saturated heterocycles. The van der Waals surface area contributed by atoms with Crippen molar-refractivity contribution in [3.05, 3.63) is 157 Å². The maximum atomic E-state index is 9.69. The van der Waals surface area contributed by atoms with Gasteiger partial charge in [0.05, 0.1) is 17.8 Å². The van der Waals surface area contributed by atoms with E-state index in [0.29, 0.717) is 16.3 Å². The zero-order valence-corrected chi connectivity index (χ0v) is 22.4. The first-order valence-electron chi connectivity index (χ1n) is 20.2. The zero-order chi connectivity index (χ0) is 39.6. The van der Waals surface area contributed by atoms with Crippen LogP contribution in [0, 0.1) is 0 Å². The Labute approximate surface area is 267 Å².